The average Bonchev–Trinajstić information content (AvgIpc) is 2.30. The van der Waals surface area contributed by atoms with Crippen LogP contribution in [-0.2, 0) is 4.74 Å². The van der Waals surface area contributed by atoms with E-state index in [0.29, 0.717) is 5.56 Å². The molecule has 0 heterocycles. The molecule has 1 atom stereocenters. The molecule has 0 radical (unpaired) electrons. The highest BCUT2D eigenvalue weighted by Gasteiger charge is 2.11. The van der Waals surface area contributed by atoms with Crippen molar-refractivity contribution in [1.29, 1.82) is 0 Å². The van der Waals surface area contributed by atoms with E-state index in [2.05, 4.69) is 6.92 Å². The molecule has 17 heavy (non-hydrogen) atoms. The Bertz CT molecular complexity index is 346. The molecule has 1 unspecified atom stereocenters. The first-order valence-corrected chi connectivity index (χ1v) is 6.10. The van der Waals surface area contributed by atoms with Crippen LogP contribution in [0.25, 0.3) is 0 Å². The van der Waals surface area contributed by atoms with Gasteiger partial charge in [0.05, 0.1) is 11.7 Å². The van der Waals surface area contributed by atoms with Crippen molar-refractivity contribution in [3.05, 3.63) is 35.6 Å². The summed E-state index contributed by atoms with van der Waals surface area (Å²) < 4.78 is 17.9. The van der Waals surface area contributed by atoms with Crippen molar-refractivity contribution >= 4 is 5.97 Å². The van der Waals surface area contributed by atoms with Gasteiger partial charge in [-0.25, -0.2) is 9.18 Å². The highest BCUT2D eigenvalue weighted by molar-refractivity contribution is 5.89. The summed E-state index contributed by atoms with van der Waals surface area (Å²) in [6.45, 7) is 4.02. The van der Waals surface area contributed by atoms with Gasteiger partial charge in [-0.1, -0.05) is 19.8 Å². The van der Waals surface area contributed by atoms with Crippen LogP contribution in [0.15, 0.2) is 24.3 Å². The van der Waals surface area contributed by atoms with Gasteiger partial charge in [0, 0.05) is 0 Å². The lowest BCUT2D eigenvalue weighted by atomic mass is 10.1. The van der Waals surface area contributed by atoms with Crippen molar-refractivity contribution in [2.45, 2.75) is 45.6 Å². The minimum atomic E-state index is -0.381. The molecule has 0 aliphatic rings. The van der Waals surface area contributed by atoms with E-state index in [-0.39, 0.29) is 17.9 Å². The van der Waals surface area contributed by atoms with Gasteiger partial charge in [-0.3, -0.25) is 0 Å². The van der Waals surface area contributed by atoms with E-state index in [1.807, 2.05) is 6.92 Å². The van der Waals surface area contributed by atoms with E-state index in [0.717, 1.165) is 25.7 Å². The topological polar surface area (TPSA) is 26.3 Å². The predicted molar refractivity (Wildman–Crippen MR) is 65.4 cm³/mol. The first kappa shape index (κ1) is 13.7. The van der Waals surface area contributed by atoms with Crippen LogP contribution in [0.4, 0.5) is 4.39 Å². The number of hydrogen-bond acceptors (Lipinski definition) is 2. The maximum absolute atomic E-state index is 12.7. The number of esters is 1. The molecule has 0 amide bonds. The normalized spacial score (nSPS) is 12.2. The van der Waals surface area contributed by atoms with Gasteiger partial charge in [0.2, 0.25) is 0 Å². The number of benzene rings is 1. The molecule has 0 bridgehead atoms. The molecule has 0 saturated heterocycles. The average molecular weight is 238 g/mol. The molecule has 0 aliphatic heterocycles. The lowest BCUT2D eigenvalue weighted by Gasteiger charge is -2.12. The Morgan fingerprint density at radius 2 is 1.94 bits per heavy atom. The Morgan fingerprint density at radius 3 is 2.53 bits per heavy atom. The highest BCUT2D eigenvalue weighted by Crippen LogP contribution is 2.10. The molecule has 0 aliphatic carbocycles. The Hall–Kier alpha value is -1.38. The molecular formula is C14H19FO2. The van der Waals surface area contributed by atoms with Crippen LogP contribution in [0.5, 0.6) is 0 Å². The van der Waals surface area contributed by atoms with Crippen LogP contribution in [0.3, 0.4) is 0 Å². The monoisotopic (exact) mass is 238 g/mol. The van der Waals surface area contributed by atoms with Gasteiger partial charge in [-0.15, -0.1) is 0 Å². The van der Waals surface area contributed by atoms with Crippen molar-refractivity contribution < 1.29 is 13.9 Å². The minimum absolute atomic E-state index is 0.0842. The number of ether oxygens (including phenoxy) is 1. The smallest absolute Gasteiger partial charge is 0.338 e. The zero-order valence-electron chi connectivity index (χ0n) is 10.4. The lowest BCUT2D eigenvalue weighted by molar-refractivity contribution is 0.0319. The third-order valence-corrected chi connectivity index (χ3v) is 2.60. The summed E-state index contributed by atoms with van der Waals surface area (Å²) >= 11 is 0. The molecule has 0 fully saturated rings. The molecule has 0 aromatic heterocycles. The summed E-state index contributed by atoms with van der Waals surface area (Å²) in [7, 11) is 0. The number of hydrogen-bond donors (Lipinski definition) is 0. The molecule has 0 saturated carbocycles. The van der Waals surface area contributed by atoms with Crippen LogP contribution < -0.4 is 0 Å². The van der Waals surface area contributed by atoms with E-state index in [1.54, 1.807) is 0 Å². The molecule has 1 aromatic carbocycles. The molecule has 2 nitrogen and oxygen atoms in total. The molecule has 1 rings (SSSR count). The zero-order valence-corrected chi connectivity index (χ0v) is 10.4. The number of unbranched alkanes of at least 4 members (excludes halogenated alkanes) is 2. The molecule has 0 spiro atoms. The van der Waals surface area contributed by atoms with Crippen molar-refractivity contribution in [3.63, 3.8) is 0 Å². The zero-order chi connectivity index (χ0) is 12.7. The van der Waals surface area contributed by atoms with Crippen molar-refractivity contribution in [2.24, 2.45) is 0 Å². The first-order valence-electron chi connectivity index (χ1n) is 6.10. The van der Waals surface area contributed by atoms with E-state index in [4.69, 9.17) is 4.74 Å². The molecular weight excluding hydrogens is 219 g/mol. The maximum atomic E-state index is 12.7. The second kappa shape index (κ2) is 7.05. The molecule has 0 N–H and O–H groups in total. The van der Waals surface area contributed by atoms with Crippen LogP contribution in [0.2, 0.25) is 0 Å². The Labute approximate surface area is 102 Å². The van der Waals surface area contributed by atoms with E-state index < -0.39 is 0 Å². The lowest BCUT2D eigenvalue weighted by Crippen LogP contribution is -2.15. The third-order valence-electron chi connectivity index (χ3n) is 2.60. The van der Waals surface area contributed by atoms with Crippen molar-refractivity contribution in [2.75, 3.05) is 0 Å². The van der Waals surface area contributed by atoms with Gasteiger partial charge in [-0.2, -0.15) is 0 Å². The Kier molecular flexibility index (Phi) is 5.67. The quantitative estimate of drug-likeness (QED) is 0.554. The summed E-state index contributed by atoms with van der Waals surface area (Å²) in [5.41, 5.74) is 0.397. The van der Waals surface area contributed by atoms with E-state index in [1.165, 1.54) is 24.3 Å². The fraction of sp³-hybridized carbons (Fsp3) is 0.500. The SMILES string of the molecule is CCCCCC(C)OC(=O)c1ccc(F)cc1. The van der Waals surface area contributed by atoms with Gasteiger partial charge >= 0.3 is 5.97 Å². The van der Waals surface area contributed by atoms with Crippen LogP contribution in [-0.4, -0.2) is 12.1 Å². The van der Waals surface area contributed by atoms with Gasteiger partial charge in [0.1, 0.15) is 5.82 Å². The second-order valence-electron chi connectivity index (χ2n) is 4.22. The van der Waals surface area contributed by atoms with Crippen molar-refractivity contribution in [3.8, 4) is 0 Å². The summed E-state index contributed by atoms with van der Waals surface area (Å²) in [4.78, 5) is 11.7. The largest absolute Gasteiger partial charge is 0.459 e. The Balaban J connectivity index is 2.40. The molecule has 3 heteroatoms. The number of rotatable bonds is 6. The molecule has 94 valence electrons. The fourth-order valence-corrected chi connectivity index (χ4v) is 1.58. The van der Waals surface area contributed by atoms with Gasteiger partial charge in [-0.05, 0) is 44.0 Å². The molecule has 1 aromatic rings. The number of carbonyl (C=O) groups excluding carboxylic acids is 1. The number of halogens is 1. The summed E-state index contributed by atoms with van der Waals surface area (Å²) in [6.07, 6.45) is 4.16. The van der Waals surface area contributed by atoms with E-state index in [9.17, 15) is 9.18 Å². The Morgan fingerprint density at radius 1 is 1.29 bits per heavy atom. The summed E-state index contributed by atoms with van der Waals surface area (Å²) in [6, 6.07) is 5.41. The minimum Gasteiger partial charge on any atom is -0.459 e. The van der Waals surface area contributed by atoms with Crippen molar-refractivity contribution in [1.82, 2.24) is 0 Å². The standard InChI is InChI=1S/C14H19FO2/c1-3-4-5-6-11(2)17-14(16)12-7-9-13(15)10-8-12/h7-11H,3-6H2,1-2H3. The first-order chi connectivity index (χ1) is 8.13. The fourth-order valence-electron chi connectivity index (χ4n) is 1.58. The summed E-state index contributed by atoms with van der Waals surface area (Å²) in [5.74, 6) is -0.730. The third kappa shape index (κ3) is 4.98. The van der Waals surface area contributed by atoms with Gasteiger partial charge < -0.3 is 4.74 Å². The maximum Gasteiger partial charge on any atom is 0.338 e. The van der Waals surface area contributed by atoms with Crippen LogP contribution in [0, 0.1) is 5.82 Å². The summed E-state index contributed by atoms with van der Waals surface area (Å²) in [5, 5.41) is 0. The van der Waals surface area contributed by atoms with Gasteiger partial charge in [0.25, 0.3) is 0 Å². The van der Waals surface area contributed by atoms with Crippen LogP contribution >= 0.6 is 0 Å². The van der Waals surface area contributed by atoms with Gasteiger partial charge in [0.15, 0.2) is 0 Å². The predicted octanol–water partition coefficient (Wildman–Crippen LogP) is 3.95. The second-order valence-corrected chi connectivity index (χ2v) is 4.22. The van der Waals surface area contributed by atoms with E-state index >= 15 is 0 Å². The highest BCUT2D eigenvalue weighted by atomic mass is 19.1. The number of carbonyl (C=O) groups is 1. The van der Waals surface area contributed by atoms with Crippen LogP contribution in [0.1, 0.15) is 49.9 Å².